The van der Waals surface area contributed by atoms with E-state index in [1.54, 1.807) is 20.8 Å². The van der Waals surface area contributed by atoms with Crippen LogP contribution in [0.2, 0.25) is 0 Å². The number of aliphatic carboxylic acids is 1. The molecule has 0 spiro atoms. The molecule has 1 N–H and O–H groups in total. The number of hydrogen-bond donors (Lipinski definition) is 1. The lowest BCUT2D eigenvalue weighted by Crippen LogP contribution is -2.48. The van der Waals surface area contributed by atoms with E-state index in [-0.39, 0.29) is 0 Å². The van der Waals surface area contributed by atoms with Crippen LogP contribution in [0.4, 0.5) is 0 Å². The fourth-order valence-electron chi connectivity index (χ4n) is 0.746. The topological polar surface area (TPSA) is 74.7 Å². The molecule has 1 atom stereocenters. The highest BCUT2D eigenvalue weighted by atomic mass is 32.2. The van der Waals surface area contributed by atoms with Crippen molar-refractivity contribution in [1.29, 1.82) is 0 Å². The number of hydrogen-bond acceptors (Lipinski definition) is 3. The van der Waals surface area contributed by atoms with Crippen LogP contribution in [-0.2, 0) is 14.8 Å². The Kier molecular flexibility index (Phi) is 3.69. The predicted molar refractivity (Wildman–Crippen MR) is 53.5 cm³/mol. The van der Waals surface area contributed by atoms with Gasteiger partial charge < -0.3 is 5.11 Å². The van der Waals surface area contributed by atoms with Gasteiger partial charge in [-0.15, -0.1) is 0 Å². The summed E-state index contributed by atoms with van der Waals surface area (Å²) in [6.45, 7) is 6.29. The van der Waals surface area contributed by atoms with Crippen molar-refractivity contribution in [1.82, 2.24) is 4.31 Å². The first-order valence-electron chi connectivity index (χ1n) is 4.22. The summed E-state index contributed by atoms with van der Waals surface area (Å²) in [5.41, 5.74) is -0.609. The van der Waals surface area contributed by atoms with Crippen LogP contribution in [0.3, 0.4) is 0 Å². The van der Waals surface area contributed by atoms with Gasteiger partial charge in [-0.1, -0.05) is 0 Å². The molecular weight excluding hydrogens is 206 g/mol. The van der Waals surface area contributed by atoms with Crippen molar-refractivity contribution in [2.75, 3.05) is 7.05 Å². The minimum absolute atomic E-state index is 0.609. The summed E-state index contributed by atoms with van der Waals surface area (Å²) >= 11 is 0. The van der Waals surface area contributed by atoms with Crippen molar-refractivity contribution in [3.05, 3.63) is 0 Å². The van der Waals surface area contributed by atoms with Crippen LogP contribution in [0.25, 0.3) is 0 Å². The van der Waals surface area contributed by atoms with E-state index < -0.39 is 26.8 Å². The van der Waals surface area contributed by atoms with Gasteiger partial charge in [0, 0.05) is 12.6 Å². The van der Waals surface area contributed by atoms with E-state index in [1.165, 1.54) is 14.0 Å². The maximum absolute atomic E-state index is 11.7. The third kappa shape index (κ3) is 2.68. The van der Waals surface area contributed by atoms with Crippen molar-refractivity contribution in [2.24, 2.45) is 0 Å². The third-order valence-electron chi connectivity index (χ3n) is 2.12. The van der Waals surface area contributed by atoms with Crippen molar-refractivity contribution in [3.63, 3.8) is 0 Å². The second kappa shape index (κ2) is 3.86. The summed E-state index contributed by atoms with van der Waals surface area (Å²) < 4.78 is 24.4. The Hall–Kier alpha value is -0.620. The summed E-state index contributed by atoms with van der Waals surface area (Å²) in [4.78, 5) is 10.6. The number of rotatable bonds is 3. The molecule has 0 saturated heterocycles. The number of sulfonamides is 1. The zero-order chi connectivity index (χ0) is 11.7. The van der Waals surface area contributed by atoms with Gasteiger partial charge in [-0.25, -0.2) is 8.42 Å². The standard InChI is InChI=1S/C8H17NO4S/c1-6(7(10)11)14(12,13)9(5)8(2,3)4/h6H,1-5H3,(H,10,11). The molecule has 0 aromatic rings. The number of carboxylic acid groups (broad SMARTS) is 1. The van der Waals surface area contributed by atoms with E-state index in [4.69, 9.17) is 5.11 Å². The average Bonchev–Trinajstić information content (AvgIpc) is 1.99. The van der Waals surface area contributed by atoms with Gasteiger partial charge in [0.1, 0.15) is 0 Å². The first kappa shape index (κ1) is 13.4. The lowest BCUT2D eigenvalue weighted by Gasteiger charge is -2.32. The van der Waals surface area contributed by atoms with Crippen molar-refractivity contribution in [3.8, 4) is 0 Å². The lowest BCUT2D eigenvalue weighted by molar-refractivity contribution is -0.136. The third-order valence-corrected chi connectivity index (χ3v) is 4.53. The molecule has 84 valence electrons. The van der Waals surface area contributed by atoms with Crippen LogP contribution in [0.15, 0.2) is 0 Å². The highest BCUT2D eigenvalue weighted by Gasteiger charge is 2.36. The highest BCUT2D eigenvalue weighted by Crippen LogP contribution is 2.18. The largest absolute Gasteiger partial charge is 0.480 e. The van der Waals surface area contributed by atoms with Gasteiger partial charge in [-0.3, -0.25) is 4.79 Å². The zero-order valence-corrected chi connectivity index (χ0v) is 9.92. The number of carbonyl (C=O) groups is 1. The smallest absolute Gasteiger partial charge is 0.323 e. The quantitative estimate of drug-likeness (QED) is 0.757. The van der Waals surface area contributed by atoms with E-state index in [9.17, 15) is 13.2 Å². The van der Waals surface area contributed by atoms with E-state index in [2.05, 4.69) is 0 Å². The molecule has 0 amide bonds. The van der Waals surface area contributed by atoms with Crippen LogP contribution in [0.5, 0.6) is 0 Å². The minimum Gasteiger partial charge on any atom is -0.480 e. The molecule has 0 aromatic heterocycles. The SMILES string of the molecule is CC(C(=O)O)S(=O)(=O)N(C)C(C)(C)C. The normalized spacial score (nSPS) is 15.6. The fraction of sp³-hybridized carbons (Fsp3) is 0.875. The molecule has 0 radical (unpaired) electrons. The molecular formula is C8H17NO4S. The maximum atomic E-state index is 11.7. The summed E-state index contributed by atoms with van der Waals surface area (Å²) in [5, 5.41) is 7.22. The zero-order valence-electron chi connectivity index (χ0n) is 9.10. The monoisotopic (exact) mass is 223 g/mol. The van der Waals surface area contributed by atoms with Gasteiger partial charge in [0.15, 0.2) is 5.25 Å². The van der Waals surface area contributed by atoms with E-state index in [1.807, 2.05) is 0 Å². The Morgan fingerprint density at radius 1 is 1.36 bits per heavy atom. The molecule has 0 bridgehead atoms. The highest BCUT2D eigenvalue weighted by molar-refractivity contribution is 7.90. The molecule has 14 heavy (non-hydrogen) atoms. The van der Waals surface area contributed by atoms with Crippen molar-refractivity contribution in [2.45, 2.75) is 38.5 Å². The van der Waals surface area contributed by atoms with Gasteiger partial charge in [-0.05, 0) is 27.7 Å². The summed E-state index contributed by atoms with van der Waals surface area (Å²) in [5.74, 6) is -1.33. The van der Waals surface area contributed by atoms with Crippen molar-refractivity contribution >= 4 is 16.0 Å². The van der Waals surface area contributed by atoms with Crippen LogP contribution in [-0.4, -0.2) is 41.6 Å². The van der Waals surface area contributed by atoms with Gasteiger partial charge in [0.25, 0.3) is 0 Å². The fourth-order valence-corrected chi connectivity index (χ4v) is 2.24. The first-order chi connectivity index (χ1) is 6.01. The molecule has 0 rings (SSSR count). The molecule has 0 aliphatic heterocycles. The molecule has 1 unspecified atom stereocenters. The molecule has 0 heterocycles. The number of carboxylic acids is 1. The lowest BCUT2D eigenvalue weighted by atomic mass is 10.1. The second-order valence-electron chi connectivity index (χ2n) is 4.16. The first-order valence-corrected chi connectivity index (χ1v) is 5.72. The van der Waals surface area contributed by atoms with E-state index in [0.29, 0.717) is 0 Å². The van der Waals surface area contributed by atoms with Crippen LogP contribution < -0.4 is 0 Å². The van der Waals surface area contributed by atoms with Gasteiger partial charge in [0.2, 0.25) is 10.0 Å². The second-order valence-corrected chi connectivity index (χ2v) is 6.45. The summed E-state index contributed by atoms with van der Waals surface area (Å²) in [7, 11) is -2.38. The maximum Gasteiger partial charge on any atom is 0.323 e. The Morgan fingerprint density at radius 2 is 1.71 bits per heavy atom. The van der Waals surface area contributed by atoms with Crippen molar-refractivity contribution < 1.29 is 18.3 Å². The Labute approximate surface area is 84.8 Å². The molecule has 6 heteroatoms. The summed E-state index contributed by atoms with van der Waals surface area (Å²) in [6.07, 6.45) is 0. The van der Waals surface area contributed by atoms with Crippen LogP contribution in [0, 0.1) is 0 Å². The summed E-state index contributed by atoms with van der Waals surface area (Å²) in [6, 6.07) is 0. The molecule has 5 nitrogen and oxygen atoms in total. The van der Waals surface area contributed by atoms with E-state index in [0.717, 1.165) is 4.31 Å². The Balaban J connectivity index is 5.09. The van der Waals surface area contributed by atoms with Crippen LogP contribution >= 0.6 is 0 Å². The molecule has 0 fully saturated rings. The Bertz CT molecular complexity index is 315. The molecule has 0 saturated carbocycles. The van der Waals surface area contributed by atoms with Crippen LogP contribution in [0.1, 0.15) is 27.7 Å². The minimum atomic E-state index is -3.76. The molecule has 0 aliphatic rings. The Morgan fingerprint density at radius 3 is 1.93 bits per heavy atom. The predicted octanol–water partition coefficient (Wildman–Crippen LogP) is 0.520. The van der Waals surface area contributed by atoms with Gasteiger partial charge in [-0.2, -0.15) is 4.31 Å². The molecule has 0 aliphatic carbocycles. The molecule has 0 aromatic carbocycles. The number of nitrogens with zero attached hydrogens (tertiary/aromatic N) is 1. The average molecular weight is 223 g/mol. The van der Waals surface area contributed by atoms with E-state index >= 15 is 0 Å². The van der Waals surface area contributed by atoms with Gasteiger partial charge in [0.05, 0.1) is 0 Å². The van der Waals surface area contributed by atoms with Gasteiger partial charge >= 0.3 is 5.97 Å².